The van der Waals surface area contributed by atoms with Gasteiger partial charge in [-0.05, 0) is 37.5 Å². The van der Waals surface area contributed by atoms with Gasteiger partial charge in [0.05, 0.1) is 10.0 Å². The third-order valence-corrected chi connectivity index (χ3v) is 5.19. The molecule has 3 N–H and O–H groups in total. The molecule has 0 heterocycles. The van der Waals surface area contributed by atoms with Gasteiger partial charge in [-0.1, -0.05) is 68.8 Å². The van der Waals surface area contributed by atoms with Crippen LogP contribution in [0.1, 0.15) is 64.9 Å². The lowest BCUT2D eigenvalue weighted by molar-refractivity contribution is 0.258. The Balaban J connectivity index is 2.64. The second kappa shape index (κ2) is 9.77. The molecule has 126 valence electrons. The summed E-state index contributed by atoms with van der Waals surface area (Å²) in [4.78, 5) is 0. The van der Waals surface area contributed by atoms with Crippen molar-refractivity contribution in [3.8, 4) is 0 Å². The minimum absolute atomic E-state index is 0.137. The molecule has 4 heteroatoms. The predicted octanol–water partition coefficient (Wildman–Crippen LogP) is 5.55. The molecule has 1 aromatic carbocycles. The standard InChI is InChI=1S/C18H30Cl2N2/c1-4-6-10-18(21,11-7-5-2)14(3)22-13-15-8-9-16(19)17(20)12-15/h8-9,12,14,22H,4-7,10-11,13,21H2,1-3H3. The largest absolute Gasteiger partial charge is 0.324 e. The van der Waals surface area contributed by atoms with Gasteiger partial charge in [0.25, 0.3) is 0 Å². The summed E-state index contributed by atoms with van der Waals surface area (Å²) in [6.45, 7) is 7.39. The van der Waals surface area contributed by atoms with Crippen LogP contribution in [0.3, 0.4) is 0 Å². The van der Waals surface area contributed by atoms with E-state index in [1.54, 1.807) is 0 Å². The third-order valence-electron chi connectivity index (χ3n) is 4.45. The second-order valence-electron chi connectivity index (χ2n) is 6.29. The van der Waals surface area contributed by atoms with E-state index < -0.39 is 0 Å². The quantitative estimate of drug-likeness (QED) is 0.583. The third kappa shape index (κ3) is 6.08. The lowest BCUT2D eigenvalue weighted by atomic mass is 9.82. The highest BCUT2D eigenvalue weighted by Crippen LogP contribution is 2.25. The highest BCUT2D eigenvalue weighted by Gasteiger charge is 2.30. The van der Waals surface area contributed by atoms with E-state index >= 15 is 0 Å². The van der Waals surface area contributed by atoms with Gasteiger partial charge in [0.15, 0.2) is 0 Å². The highest BCUT2D eigenvalue weighted by molar-refractivity contribution is 6.42. The summed E-state index contributed by atoms with van der Waals surface area (Å²) >= 11 is 12.0. The molecule has 0 bridgehead atoms. The molecule has 1 aromatic rings. The van der Waals surface area contributed by atoms with Gasteiger partial charge in [0.2, 0.25) is 0 Å². The fourth-order valence-corrected chi connectivity index (χ4v) is 3.01. The van der Waals surface area contributed by atoms with Crippen LogP contribution >= 0.6 is 23.2 Å². The number of unbranched alkanes of at least 4 members (excludes halogenated alkanes) is 2. The summed E-state index contributed by atoms with van der Waals surface area (Å²) in [6, 6.07) is 6.03. The lowest BCUT2D eigenvalue weighted by Gasteiger charge is -2.36. The molecule has 1 atom stereocenters. The van der Waals surface area contributed by atoms with E-state index in [4.69, 9.17) is 28.9 Å². The van der Waals surface area contributed by atoms with E-state index in [0.29, 0.717) is 10.0 Å². The van der Waals surface area contributed by atoms with E-state index in [-0.39, 0.29) is 11.6 Å². The molecule has 0 saturated heterocycles. The Morgan fingerprint density at radius 2 is 1.68 bits per heavy atom. The number of nitrogens with two attached hydrogens (primary N) is 1. The first kappa shape index (κ1) is 19.8. The van der Waals surface area contributed by atoms with Crippen molar-refractivity contribution in [1.82, 2.24) is 5.32 Å². The second-order valence-corrected chi connectivity index (χ2v) is 7.11. The summed E-state index contributed by atoms with van der Waals surface area (Å²) in [5, 5.41) is 4.77. The Hall–Kier alpha value is -0.280. The SMILES string of the molecule is CCCCC(N)(CCCC)C(C)NCc1ccc(Cl)c(Cl)c1. The first-order chi connectivity index (χ1) is 10.4. The Bertz CT molecular complexity index is 441. The lowest BCUT2D eigenvalue weighted by Crippen LogP contribution is -2.55. The van der Waals surface area contributed by atoms with Gasteiger partial charge in [-0.3, -0.25) is 0 Å². The van der Waals surface area contributed by atoms with Crippen molar-refractivity contribution >= 4 is 23.2 Å². The van der Waals surface area contributed by atoms with Gasteiger partial charge in [0.1, 0.15) is 0 Å². The maximum absolute atomic E-state index is 6.72. The van der Waals surface area contributed by atoms with Crippen molar-refractivity contribution in [2.75, 3.05) is 0 Å². The van der Waals surface area contributed by atoms with Crippen LogP contribution in [0, 0.1) is 0 Å². The van der Waals surface area contributed by atoms with E-state index in [2.05, 4.69) is 26.1 Å². The van der Waals surface area contributed by atoms with Crippen LogP contribution in [-0.2, 0) is 6.54 Å². The average molecular weight is 345 g/mol. The molecule has 0 aliphatic rings. The summed E-state index contributed by atoms with van der Waals surface area (Å²) in [6.07, 6.45) is 6.87. The summed E-state index contributed by atoms with van der Waals surface area (Å²) in [7, 11) is 0. The monoisotopic (exact) mass is 344 g/mol. The Labute approximate surface area is 145 Å². The van der Waals surface area contributed by atoms with Crippen LogP contribution in [0.4, 0.5) is 0 Å². The highest BCUT2D eigenvalue weighted by atomic mass is 35.5. The number of rotatable bonds is 10. The number of hydrogen-bond donors (Lipinski definition) is 2. The molecule has 0 aliphatic carbocycles. The zero-order valence-corrected chi connectivity index (χ0v) is 15.6. The van der Waals surface area contributed by atoms with Gasteiger partial charge in [0, 0.05) is 18.1 Å². The first-order valence-corrected chi connectivity index (χ1v) is 9.14. The van der Waals surface area contributed by atoms with Gasteiger partial charge in [-0.2, -0.15) is 0 Å². The molecular weight excluding hydrogens is 315 g/mol. The number of nitrogens with one attached hydrogen (secondary N) is 1. The molecular formula is C18H30Cl2N2. The molecule has 1 rings (SSSR count). The summed E-state index contributed by atoms with van der Waals surface area (Å²) in [5.41, 5.74) is 7.72. The molecule has 1 unspecified atom stereocenters. The topological polar surface area (TPSA) is 38.0 Å². The zero-order valence-electron chi connectivity index (χ0n) is 14.1. The fraction of sp³-hybridized carbons (Fsp3) is 0.667. The summed E-state index contributed by atoms with van der Waals surface area (Å²) < 4.78 is 0. The smallest absolute Gasteiger partial charge is 0.0595 e. The van der Waals surface area contributed by atoms with Crippen LogP contribution in [0.15, 0.2) is 18.2 Å². The van der Waals surface area contributed by atoms with Crippen molar-refractivity contribution in [3.63, 3.8) is 0 Å². The van der Waals surface area contributed by atoms with Crippen LogP contribution in [0.5, 0.6) is 0 Å². The fourth-order valence-electron chi connectivity index (χ4n) is 2.69. The molecule has 2 nitrogen and oxygen atoms in total. The molecule has 0 aliphatic heterocycles. The van der Waals surface area contributed by atoms with Crippen molar-refractivity contribution in [3.05, 3.63) is 33.8 Å². The maximum Gasteiger partial charge on any atom is 0.0595 e. The molecule has 0 fully saturated rings. The minimum Gasteiger partial charge on any atom is -0.324 e. The van der Waals surface area contributed by atoms with Crippen molar-refractivity contribution < 1.29 is 0 Å². The zero-order chi connectivity index (χ0) is 16.6. The van der Waals surface area contributed by atoms with Gasteiger partial charge < -0.3 is 11.1 Å². The van der Waals surface area contributed by atoms with E-state index in [9.17, 15) is 0 Å². The molecule has 0 saturated carbocycles. The van der Waals surface area contributed by atoms with Gasteiger partial charge >= 0.3 is 0 Å². The van der Waals surface area contributed by atoms with Crippen LogP contribution < -0.4 is 11.1 Å². The van der Waals surface area contributed by atoms with Crippen molar-refractivity contribution in [1.29, 1.82) is 0 Å². The predicted molar refractivity (Wildman–Crippen MR) is 98.7 cm³/mol. The Morgan fingerprint density at radius 3 is 2.18 bits per heavy atom. The van der Waals surface area contributed by atoms with Crippen LogP contribution in [0.2, 0.25) is 10.0 Å². The minimum atomic E-state index is -0.137. The van der Waals surface area contributed by atoms with Crippen molar-refractivity contribution in [2.45, 2.75) is 77.4 Å². The average Bonchev–Trinajstić information content (AvgIpc) is 2.51. The molecule has 0 amide bonds. The van der Waals surface area contributed by atoms with E-state index in [1.807, 2.05) is 18.2 Å². The number of halogens is 2. The maximum atomic E-state index is 6.72. The first-order valence-electron chi connectivity index (χ1n) is 8.39. The molecule has 0 spiro atoms. The Kier molecular flexibility index (Phi) is 8.78. The van der Waals surface area contributed by atoms with Crippen LogP contribution in [0.25, 0.3) is 0 Å². The van der Waals surface area contributed by atoms with Crippen LogP contribution in [-0.4, -0.2) is 11.6 Å². The summed E-state index contributed by atoms with van der Waals surface area (Å²) in [5.74, 6) is 0. The van der Waals surface area contributed by atoms with E-state index in [1.165, 1.54) is 25.7 Å². The Morgan fingerprint density at radius 1 is 1.09 bits per heavy atom. The molecule has 0 radical (unpaired) electrons. The molecule has 0 aromatic heterocycles. The normalized spacial score (nSPS) is 13.4. The number of hydrogen-bond acceptors (Lipinski definition) is 2. The molecule has 22 heavy (non-hydrogen) atoms. The van der Waals surface area contributed by atoms with E-state index in [0.717, 1.165) is 24.9 Å². The van der Waals surface area contributed by atoms with Gasteiger partial charge in [-0.25, -0.2) is 0 Å². The van der Waals surface area contributed by atoms with Crippen molar-refractivity contribution in [2.24, 2.45) is 5.73 Å². The number of benzene rings is 1. The van der Waals surface area contributed by atoms with Gasteiger partial charge in [-0.15, -0.1) is 0 Å².